The number of nitrogens with one attached hydrogen (secondary N) is 1. The molecule has 0 unspecified atom stereocenters. The number of rotatable bonds is 4. The van der Waals surface area contributed by atoms with Gasteiger partial charge in [0.25, 0.3) is 0 Å². The van der Waals surface area contributed by atoms with Crippen molar-refractivity contribution in [1.82, 2.24) is 9.29 Å². The first-order chi connectivity index (χ1) is 8.85. The highest BCUT2D eigenvalue weighted by Crippen LogP contribution is 2.17. The summed E-state index contributed by atoms with van der Waals surface area (Å²) in [6, 6.07) is 3.90. The number of aryl methyl sites for hydroxylation is 1. The summed E-state index contributed by atoms with van der Waals surface area (Å²) in [5.41, 5.74) is 6.15. The third-order valence-corrected chi connectivity index (χ3v) is 4.37. The van der Waals surface area contributed by atoms with Crippen LogP contribution in [-0.2, 0) is 17.1 Å². The Morgan fingerprint density at radius 2 is 2.16 bits per heavy atom. The molecule has 1 aromatic heterocycles. The maximum Gasteiger partial charge on any atom is 0.419 e. The number of fused-ring (bicyclic) bond motifs is 1. The predicted molar refractivity (Wildman–Crippen MR) is 70.3 cm³/mol. The van der Waals surface area contributed by atoms with E-state index < -0.39 is 15.8 Å². The zero-order chi connectivity index (χ0) is 14.2. The molecule has 1 aromatic carbocycles. The molecule has 0 spiro atoms. The fourth-order valence-electron chi connectivity index (χ4n) is 1.66. The lowest BCUT2D eigenvalue weighted by atomic mass is 10.3. The third kappa shape index (κ3) is 2.55. The standard InChI is InChI=1S/C11H15N3O4S/c1-7(6-12)13-19(16,17)8-3-4-9-10(5-8)18-11(15)14(9)2/h3-5,7,13H,6,12H2,1-2H3/t7-/m0/s1. The Kier molecular flexibility index (Phi) is 3.48. The lowest BCUT2D eigenvalue weighted by Gasteiger charge is -2.11. The van der Waals surface area contributed by atoms with Gasteiger partial charge in [-0.2, -0.15) is 0 Å². The first-order valence-electron chi connectivity index (χ1n) is 5.67. The summed E-state index contributed by atoms with van der Waals surface area (Å²) in [4.78, 5) is 11.4. The van der Waals surface area contributed by atoms with E-state index in [0.717, 1.165) is 0 Å². The molecule has 0 amide bonds. The Balaban J connectivity index is 2.49. The molecule has 1 atom stereocenters. The summed E-state index contributed by atoms with van der Waals surface area (Å²) in [5.74, 6) is -0.534. The molecule has 104 valence electrons. The lowest BCUT2D eigenvalue weighted by molar-refractivity contribution is 0.527. The van der Waals surface area contributed by atoms with Gasteiger partial charge in [0.05, 0.1) is 10.4 Å². The normalized spacial score (nSPS) is 13.8. The Morgan fingerprint density at radius 1 is 1.47 bits per heavy atom. The van der Waals surface area contributed by atoms with Crippen molar-refractivity contribution in [2.45, 2.75) is 17.9 Å². The van der Waals surface area contributed by atoms with Crippen LogP contribution in [0.3, 0.4) is 0 Å². The fraction of sp³-hybridized carbons (Fsp3) is 0.364. The van der Waals surface area contributed by atoms with Crippen LogP contribution >= 0.6 is 0 Å². The molecule has 7 nitrogen and oxygen atoms in total. The predicted octanol–water partition coefficient (Wildman–Crippen LogP) is -0.243. The number of oxazole rings is 1. The van der Waals surface area contributed by atoms with E-state index >= 15 is 0 Å². The first kappa shape index (κ1) is 13.8. The average Bonchev–Trinajstić information content (AvgIpc) is 2.64. The van der Waals surface area contributed by atoms with Crippen molar-refractivity contribution in [1.29, 1.82) is 0 Å². The lowest BCUT2D eigenvalue weighted by Crippen LogP contribution is -2.37. The van der Waals surface area contributed by atoms with E-state index in [9.17, 15) is 13.2 Å². The van der Waals surface area contributed by atoms with E-state index in [2.05, 4.69) is 4.72 Å². The molecule has 0 aliphatic carbocycles. The summed E-state index contributed by atoms with van der Waals surface area (Å²) in [7, 11) is -2.12. The molecule has 1 heterocycles. The summed E-state index contributed by atoms with van der Waals surface area (Å²) in [6.45, 7) is 1.86. The molecule has 2 rings (SSSR count). The molecule has 3 N–H and O–H groups in total. The van der Waals surface area contributed by atoms with Gasteiger partial charge in [-0.25, -0.2) is 17.9 Å². The van der Waals surface area contributed by atoms with Crippen molar-refractivity contribution in [3.63, 3.8) is 0 Å². The van der Waals surface area contributed by atoms with E-state index in [0.29, 0.717) is 5.52 Å². The quantitative estimate of drug-likeness (QED) is 0.806. The van der Waals surface area contributed by atoms with Crippen LogP contribution in [0.1, 0.15) is 6.92 Å². The van der Waals surface area contributed by atoms with Gasteiger partial charge in [0, 0.05) is 25.7 Å². The zero-order valence-corrected chi connectivity index (χ0v) is 11.4. The number of hydrogen-bond acceptors (Lipinski definition) is 5. The minimum absolute atomic E-state index is 0.0367. The second kappa shape index (κ2) is 4.80. The van der Waals surface area contributed by atoms with Crippen LogP contribution in [0.25, 0.3) is 11.1 Å². The van der Waals surface area contributed by atoms with Gasteiger partial charge in [0.15, 0.2) is 5.58 Å². The Labute approximate surface area is 110 Å². The van der Waals surface area contributed by atoms with Gasteiger partial charge in [-0.15, -0.1) is 0 Å². The maximum atomic E-state index is 12.0. The molecular weight excluding hydrogens is 270 g/mol. The van der Waals surface area contributed by atoms with Gasteiger partial charge in [-0.05, 0) is 19.1 Å². The summed E-state index contributed by atoms with van der Waals surface area (Å²) >= 11 is 0. The second-order valence-corrected chi connectivity index (χ2v) is 6.03. The van der Waals surface area contributed by atoms with E-state index in [1.807, 2.05) is 0 Å². The highest BCUT2D eigenvalue weighted by atomic mass is 32.2. The molecule has 0 fully saturated rings. The summed E-state index contributed by atoms with van der Waals surface area (Å²) < 4.78 is 32.8. The van der Waals surface area contributed by atoms with Gasteiger partial charge in [-0.3, -0.25) is 4.57 Å². The molecule has 0 bridgehead atoms. The van der Waals surface area contributed by atoms with Crippen molar-refractivity contribution in [2.24, 2.45) is 12.8 Å². The van der Waals surface area contributed by atoms with Crippen LogP contribution in [0, 0.1) is 0 Å². The number of aromatic nitrogens is 1. The van der Waals surface area contributed by atoms with Gasteiger partial charge < -0.3 is 10.2 Å². The van der Waals surface area contributed by atoms with Crippen LogP contribution in [0.15, 0.2) is 32.3 Å². The smallest absolute Gasteiger partial charge is 0.408 e. The minimum atomic E-state index is -3.67. The summed E-state index contributed by atoms with van der Waals surface area (Å²) in [6.07, 6.45) is 0. The van der Waals surface area contributed by atoms with Gasteiger partial charge in [-0.1, -0.05) is 0 Å². The highest BCUT2D eigenvalue weighted by molar-refractivity contribution is 7.89. The summed E-state index contributed by atoms with van der Waals surface area (Å²) in [5, 5.41) is 0. The van der Waals surface area contributed by atoms with Crippen LogP contribution in [0.2, 0.25) is 0 Å². The molecule has 0 aliphatic heterocycles. The van der Waals surface area contributed by atoms with Crippen molar-refractivity contribution < 1.29 is 12.8 Å². The molecule has 19 heavy (non-hydrogen) atoms. The molecule has 2 aromatic rings. The van der Waals surface area contributed by atoms with Crippen molar-refractivity contribution in [2.75, 3.05) is 6.54 Å². The number of sulfonamides is 1. The van der Waals surface area contributed by atoms with Gasteiger partial charge in [0.1, 0.15) is 0 Å². The van der Waals surface area contributed by atoms with Crippen molar-refractivity contribution >= 4 is 21.1 Å². The first-order valence-corrected chi connectivity index (χ1v) is 7.15. The van der Waals surface area contributed by atoms with Gasteiger partial charge >= 0.3 is 5.76 Å². The largest absolute Gasteiger partial charge is 0.419 e. The van der Waals surface area contributed by atoms with Crippen LogP contribution in [0.5, 0.6) is 0 Å². The van der Waals surface area contributed by atoms with E-state index in [-0.39, 0.29) is 23.1 Å². The average molecular weight is 285 g/mol. The topological polar surface area (TPSA) is 107 Å². The molecule has 0 radical (unpaired) electrons. The van der Waals surface area contributed by atoms with Crippen LogP contribution in [0.4, 0.5) is 0 Å². The van der Waals surface area contributed by atoms with E-state index in [4.69, 9.17) is 10.2 Å². The van der Waals surface area contributed by atoms with Crippen molar-refractivity contribution in [3.8, 4) is 0 Å². The number of nitrogens with zero attached hydrogens (tertiary/aromatic N) is 1. The fourth-order valence-corrected chi connectivity index (χ4v) is 2.93. The number of benzene rings is 1. The SMILES string of the molecule is C[C@@H](CN)NS(=O)(=O)c1ccc2c(c1)oc(=O)n2C. The third-order valence-electron chi connectivity index (χ3n) is 2.78. The minimum Gasteiger partial charge on any atom is -0.408 e. The highest BCUT2D eigenvalue weighted by Gasteiger charge is 2.18. The van der Waals surface area contributed by atoms with Crippen LogP contribution < -0.4 is 16.2 Å². The molecule has 0 aliphatic rings. The van der Waals surface area contributed by atoms with E-state index in [1.54, 1.807) is 14.0 Å². The maximum absolute atomic E-state index is 12.0. The monoisotopic (exact) mass is 285 g/mol. The Hall–Kier alpha value is -1.64. The van der Waals surface area contributed by atoms with Crippen LogP contribution in [-0.4, -0.2) is 25.6 Å². The van der Waals surface area contributed by atoms with E-state index in [1.165, 1.54) is 22.8 Å². The Morgan fingerprint density at radius 3 is 2.79 bits per heavy atom. The number of hydrogen-bond donors (Lipinski definition) is 2. The molecule has 0 saturated heterocycles. The molecule has 8 heteroatoms. The Bertz CT molecular complexity index is 760. The van der Waals surface area contributed by atoms with Gasteiger partial charge in [0.2, 0.25) is 10.0 Å². The number of nitrogens with two attached hydrogens (primary N) is 1. The second-order valence-electron chi connectivity index (χ2n) is 4.31. The van der Waals surface area contributed by atoms with Crippen molar-refractivity contribution in [3.05, 3.63) is 28.7 Å². The zero-order valence-electron chi connectivity index (χ0n) is 10.6. The molecule has 0 saturated carbocycles. The molecular formula is C11H15N3O4S.